The Morgan fingerprint density at radius 3 is 2.90 bits per heavy atom. The molecule has 6 heteroatoms. The summed E-state index contributed by atoms with van der Waals surface area (Å²) in [5.41, 5.74) is 0.467. The molecule has 2 aliphatic rings. The first-order valence-corrected chi connectivity index (χ1v) is 7.54. The monoisotopic (exact) mass is 290 g/mol. The Bertz CT molecular complexity index is 568. The van der Waals surface area contributed by atoms with Crippen molar-refractivity contribution in [3.8, 4) is 0 Å². The third-order valence-corrected chi connectivity index (χ3v) is 5.07. The quantitative estimate of drug-likeness (QED) is 0.876. The second kappa shape index (κ2) is 5.16. The van der Waals surface area contributed by atoms with Gasteiger partial charge in [-0.3, -0.25) is 9.59 Å². The molecule has 1 aromatic heterocycles. The third kappa shape index (κ3) is 2.32. The molecule has 1 aliphatic heterocycles. The van der Waals surface area contributed by atoms with E-state index in [0.29, 0.717) is 12.2 Å². The predicted octanol–water partition coefficient (Wildman–Crippen LogP) is 0.798. The van der Waals surface area contributed by atoms with Crippen LogP contribution in [0.5, 0.6) is 0 Å². The number of aryl methyl sites for hydroxylation is 1. The van der Waals surface area contributed by atoms with Gasteiger partial charge in [0.15, 0.2) is 0 Å². The van der Waals surface area contributed by atoms with Gasteiger partial charge in [-0.15, -0.1) is 0 Å². The number of hydrogen-bond acceptors (Lipinski definition) is 3. The first kappa shape index (κ1) is 14.1. The molecule has 1 saturated heterocycles. The van der Waals surface area contributed by atoms with E-state index in [9.17, 15) is 9.59 Å². The average molecular weight is 290 g/mol. The molecular weight excluding hydrogens is 268 g/mol. The number of carbonyl (C=O) groups excluding carboxylic acids is 2. The minimum Gasteiger partial charge on any atom is -0.359 e. The molecular formula is C15H22N4O2. The van der Waals surface area contributed by atoms with Crippen LogP contribution in [0.15, 0.2) is 12.5 Å². The number of imidazole rings is 1. The minimum atomic E-state index is -0.0233. The third-order valence-electron chi connectivity index (χ3n) is 5.07. The number of rotatable bonds is 2. The maximum Gasteiger partial charge on any atom is 0.274 e. The Balaban J connectivity index is 1.75. The number of hydrogen-bond donors (Lipinski definition) is 1. The van der Waals surface area contributed by atoms with E-state index in [0.717, 1.165) is 32.2 Å². The lowest BCUT2D eigenvalue weighted by molar-refractivity contribution is -0.127. The molecule has 114 valence electrons. The van der Waals surface area contributed by atoms with Gasteiger partial charge in [0.05, 0.1) is 6.33 Å². The molecule has 0 aromatic carbocycles. The highest BCUT2D eigenvalue weighted by Gasteiger charge is 2.51. The SMILES string of the molecule is CNC(=O)[C@H]1CCC[C@]12CCN(C(=O)c1cn(C)cn1)C2. The van der Waals surface area contributed by atoms with Gasteiger partial charge in [-0.05, 0) is 19.3 Å². The molecule has 3 rings (SSSR count). The van der Waals surface area contributed by atoms with Crippen LogP contribution in [0.1, 0.15) is 36.2 Å². The summed E-state index contributed by atoms with van der Waals surface area (Å²) in [7, 11) is 3.55. The average Bonchev–Trinajstić information content (AvgIpc) is 3.19. The lowest BCUT2D eigenvalue weighted by atomic mass is 9.76. The van der Waals surface area contributed by atoms with Crippen molar-refractivity contribution in [1.29, 1.82) is 0 Å². The van der Waals surface area contributed by atoms with Crippen LogP contribution < -0.4 is 5.32 Å². The van der Waals surface area contributed by atoms with E-state index in [1.807, 2.05) is 11.9 Å². The molecule has 2 heterocycles. The highest BCUT2D eigenvalue weighted by molar-refractivity contribution is 5.92. The highest BCUT2D eigenvalue weighted by Crippen LogP contribution is 2.49. The van der Waals surface area contributed by atoms with Gasteiger partial charge in [0.25, 0.3) is 5.91 Å². The molecule has 21 heavy (non-hydrogen) atoms. The lowest BCUT2D eigenvalue weighted by Gasteiger charge is -2.30. The normalized spacial score (nSPS) is 28.3. The zero-order valence-electron chi connectivity index (χ0n) is 12.6. The van der Waals surface area contributed by atoms with Crippen LogP contribution in [0.3, 0.4) is 0 Å². The highest BCUT2D eigenvalue weighted by atomic mass is 16.2. The van der Waals surface area contributed by atoms with E-state index in [1.54, 1.807) is 24.1 Å². The zero-order valence-corrected chi connectivity index (χ0v) is 12.6. The van der Waals surface area contributed by atoms with Crippen molar-refractivity contribution in [2.45, 2.75) is 25.7 Å². The van der Waals surface area contributed by atoms with Crippen molar-refractivity contribution < 1.29 is 9.59 Å². The Labute approximate surface area is 124 Å². The van der Waals surface area contributed by atoms with Gasteiger partial charge in [-0.25, -0.2) is 4.98 Å². The smallest absolute Gasteiger partial charge is 0.274 e. The molecule has 1 spiro atoms. The van der Waals surface area contributed by atoms with E-state index in [-0.39, 0.29) is 23.1 Å². The van der Waals surface area contributed by atoms with E-state index in [1.165, 1.54) is 0 Å². The molecule has 1 saturated carbocycles. The van der Waals surface area contributed by atoms with E-state index in [2.05, 4.69) is 10.3 Å². The van der Waals surface area contributed by atoms with Crippen molar-refractivity contribution >= 4 is 11.8 Å². The fourth-order valence-corrected chi connectivity index (χ4v) is 3.97. The van der Waals surface area contributed by atoms with Gasteiger partial charge in [0, 0.05) is 44.7 Å². The van der Waals surface area contributed by atoms with Gasteiger partial charge >= 0.3 is 0 Å². The topological polar surface area (TPSA) is 67.2 Å². The zero-order chi connectivity index (χ0) is 15.0. The number of nitrogens with one attached hydrogen (secondary N) is 1. The summed E-state index contributed by atoms with van der Waals surface area (Å²) in [5, 5.41) is 2.78. The molecule has 6 nitrogen and oxygen atoms in total. The van der Waals surface area contributed by atoms with Crippen LogP contribution in [-0.2, 0) is 11.8 Å². The lowest BCUT2D eigenvalue weighted by Crippen LogP contribution is -2.40. The molecule has 0 bridgehead atoms. The van der Waals surface area contributed by atoms with Gasteiger partial charge in [-0.2, -0.15) is 0 Å². The maximum atomic E-state index is 12.5. The molecule has 2 atom stereocenters. The van der Waals surface area contributed by atoms with Crippen LogP contribution in [-0.4, -0.2) is 46.4 Å². The summed E-state index contributed by atoms with van der Waals surface area (Å²) in [4.78, 5) is 30.6. The Morgan fingerprint density at radius 1 is 1.43 bits per heavy atom. The summed E-state index contributed by atoms with van der Waals surface area (Å²) in [6, 6.07) is 0. The van der Waals surface area contributed by atoms with Crippen molar-refractivity contribution in [3.05, 3.63) is 18.2 Å². The molecule has 0 unspecified atom stereocenters. The fourth-order valence-electron chi connectivity index (χ4n) is 3.97. The van der Waals surface area contributed by atoms with E-state index < -0.39 is 0 Å². The second-order valence-corrected chi connectivity index (χ2v) is 6.32. The van der Waals surface area contributed by atoms with Crippen LogP contribution in [0.25, 0.3) is 0 Å². The second-order valence-electron chi connectivity index (χ2n) is 6.32. The number of nitrogens with zero attached hydrogens (tertiary/aromatic N) is 3. The Kier molecular flexibility index (Phi) is 3.47. The number of likely N-dealkylation sites (tertiary alicyclic amines) is 1. The van der Waals surface area contributed by atoms with Gasteiger partial charge < -0.3 is 14.8 Å². The largest absolute Gasteiger partial charge is 0.359 e. The summed E-state index contributed by atoms with van der Waals surface area (Å²) in [5.74, 6) is 0.152. The standard InChI is InChI=1S/C15H22N4O2/c1-16-13(20)11-4-3-5-15(11)6-7-19(9-15)14(21)12-8-18(2)10-17-12/h8,10-11H,3-7,9H2,1-2H3,(H,16,20)/t11-,15-/m1/s1. The van der Waals surface area contributed by atoms with Crippen LogP contribution >= 0.6 is 0 Å². The summed E-state index contributed by atoms with van der Waals surface area (Å²) in [6.07, 6.45) is 7.36. The van der Waals surface area contributed by atoms with Crippen LogP contribution in [0, 0.1) is 11.3 Å². The summed E-state index contributed by atoms with van der Waals surface area (Å²) >= 11 is 0. The molecule has 0 radical (unpaired) electrons. The van der Waals surface area contributed by atoms with E-state index in [4.69, 9.17) is 0 Å². The van der Waals surface area contributed by atoms with E-state index >= 15 is 0 Å². The van der Waals surface area contributed by atoms with Crippen molar-refractivity contribution in [2.24, 2.45) is 18.4 Å². The van der Waals surface area contributed by atoms with Crippen LogP contribution in [0.4, 0.5) is 0 Å². The molecule has 1 aliphatic carbocycles. The predicted molar refractivity (Wildman–Crippen MR) is 77.6 cm³/mol. The van der Waals surface area contributed by atoms with Gasteiger partial charge in [-0.1, -0.05) is 6.42 Å². The minimum absolute atomic E-state index is 0.0185. The van der Waals surface area contributed by atoms with Crippen molar-refractivity contribution in [1.82, 2.24) is 19.8 Å². The molecule has 1 N–H and O–H groups in total. The first-order chi connectivity index (χ1) is 10.1. The van der Waals surface area contributed by atoms with Crippen LogP contribution in [0.2, 0.25) is 0 Å². The maximum absolute atomic E-state index is 12.5. The number of carbonyl (C=O) groups is 2. The summed E-state index contributed by atoms with van der Waals surface area (Å²) in [6.45, 7) is 1.41. The van der Waals surface area contributed by atoms with Crippen molar-refractivity contribution in [2.75, 3.05) is 20.1 Å². The van der Waals surface area contributed by atoms with Gasteiger partial charge in [0.1, 0.15) is 5.69 Å². The Morgan fingerprint density at radius 2 is 2.24 bits per heavy atom. The van der Waals surface area contributed by atoms with Gasteiger partial charge in [0.2, 0.25) is 5.91 Å². The molecule has 2 fully saturated rings. The number of amides is 2. The Hall–Kier alpha value is -1.85. The molecule has 2 amide bonds. The van der Waals surface area contributed by atoms with Crippen molar-refractivity contribution in [3.63, 3.8) is 0 Å². The molecule has 1 aromatic rings. The number of aromatic nitrogens is 2. The summed E-state index contributed by atoms with van der Waals surface area (Å²) < 4.78 is 1.78. The fraction of sp³-hybridized carbons (Fsp3) is 0.667. The first-order valence-electron chi connectivity index (χ1n) is 7.54.